The molecule has 0 amide bonds. The minimum atomic E-state index is 0.416. The largest absolute Gasteiger partial charge is 0.347 e. The maximum atomic E-state index is 5.99. The van der Waals surface area contributed by atoms with Crippen LogP contribution in [0.4, 0.5) is 11.9 Å². The minimum Gasteiger partial charge on any atom is -0.347 e. The Morgan fingerprint density at radius 1 is 0.905 bits per heavy atom. The van der Waals surface area contributed by atoms with Crippen molar-refractivity contribution in [1.29, 1.82) is 0 Å². The van der Waals surface area contributed by atoms with Crippen molar-refractivity contribution >= 4 is 46.9 Å². The molecule has 0 radical (unpaired) electrons. The maximum absolute atomic E-state index is 5.99. The number of rotatable bonds is 4. The molecule has 21 heavy (non-hydrogen) atoms. The van der Waals surface area contributed by atoms with Crippen LogP contribution in [0, 0.1) is 0 Å². The summed E-state index contributed by atoms with van der Waals surface area (Å²) in [7, 11) is 7.50. The lowest BCUT2D eigenvalue weighted by Gasteiger charge is -2.15. The highest BCUT2D eigenvalue weighted by atomic mass is 35.5. The summed E-state index contributed by atoms with van der Waals surface area (Å²) in [4.78, 5) is 21.0. The van der Waals surface area contributed by atoms with Gasteiger partial charge in [-0.1, -0.05) is 23.2 Å². The molecule has 9 heteroatoms. The Bertz CT molecular complexity index is 623. The van der Waals surface area contributed by atoms with Gasteiger partial charge in [0.2, 0.25) is 17.1 Å². The Balaban J connectivity index is 2.36. The first kappa shape index (κ1) is 16.1. The second-order valence-electron chi connectivity index (χ2n) is 4.55. The molecule has 0 aliphatic heterocycles. The predicted molar refractivity (Wildman–Crippen MR) is 86.9 cm³/mol. The highest BCUT2D eigenvalue weighted by Crippen LogP contribution is 2.29. The van der Waals surface area contributed by atoms with E-state index in [2.05, 4.69) is 19.9 Å². The van der Waals surface area contributed by atoms with Gasteiger partial charge in [0, 0.05) is 34.4 Å². The number of hydrogen-bond donors (Lipinski definition) is 0. The highest BCUT2D eigenvalue weighted by molar-refractivity contribution is 7.99. The van der Waals surface area contributed by atoms with E-state index in [0.29, 0.717) is 32.1 Å². The van der Waals surface area contributed by atoms with Crippen molar-refractivity contribution in [3.63, 3.8) is 0 Å². The molecule has 0 fully saturated rings. The molecule has 0 N–H and O–H groups in total. The zero-order valence-electron chi connectivity index (χ0n) is 12.0. The molecule has 2 aromatic heterocycles. The zero-order chi connectivity index (χ0) is 15.6. The van der Waals surface area contributed by atoms with Gasteiger partial charge >= 0.3 is 0 Å². The molecule has 0 atom stereocenters. The zero-order valence-corrected chi connectivity index (χ0v) is 14.3. The number of hydrogen-bond acceptors (Lipinski definition) is 7. The van der Waals surface area contributed by atoms with Crippen LogP contribution in [0.3, 0.4) is 0 Å². The van der Waals surface area contributed by atoms with E-state index >= 15 is 0 Å². The summed E-state index contributed by atoms with van der Waals surface area (Å²) in [5.41, 5.74) is 0. The SMILES string of the molecule is CN(C)c1nc(Sc2cc(Cl)c(Cl)cn2)nc(N(C)C)n1. The van der Waals surface area contributed by atoms with Crippen molar-refractivity contribution in [3.8, 4) is 0 Å². The van der Waals surface area contributed by atoms with Crippen molar-refractivity contribution in [1.82, 2.24) is 19.9 Å². The summed E-state index contributed by atoms with van der Waals surface area (Å²) < 4.78 is 0. The Morgan fingerprint density at radius 2 is 1.48 bits per heavy atom. The number of anilines is 2. The van der Waals surface area contributed by atoms with Gasteiger partial charge in [-0.05, 0) is 17.8 Å². The van der Waals surface area contributed by atoms with Gasteiger partial charge in [-0.3, -0.25) is 0 Å². The minimum absolute atomic E-state index is 0.416. The Morgan fingerprint density at radius 3 is 1.95 bits per heavy atom. The van der Waals surface area contributed by atoms with Crippen LogP contribution >= 0.6 is 35.0 Å². The molecule has 2 aromatic rings. The van der Waals surface area contributed by atoms with E-state index in [4.69, 9.17) is 23.2 Å². The first-order valence-electron chi connectivity index (χ1n) is 5.96. The fourth-order valence-electron chi connectivity index (χ4n) is 1.33. The molecule has 0 aromatic carbocycles. The van der Waals surface area contributed by atoms with Crippen LogP contribution in [0.15, 0.2) is 22.4 Å². The van der Waals surface area contributed by atoms with Crippen molar-refractivity contribution < 1.29 is 0 Å². The van der Waals surface area contributed by atoms with Gasteiger partial charge in [-0.25, -0.2) is 4.98 Å². The van der Waals surface area contributed by atoms with Gasteiger partial charge in [0.1, 0.15) is 5.03 Å². The molecule has 0 aliphatic rings. The molecule has 0 saturated heterocycles. The van der Waals surface area contributed by atoms with Gasteiger partial charge in [-0.15, -0.1) is 0 Å². The van der Waals surface area contributed by atoms with Crippen molar-refractivity contribution in [2.24, 2.45) is 0 Å². The lowest BCUT2D eigenvalue weighted by atomic mass is 10.5. The van der Waals surface area contributed by atoms with Gasteiger partial charge in [0.15, 0.2) is 0 Å². The summed E-state index contributed by atoms with van der Waals surface area (Å²) in [6.07, 6.45) is 1.51. The van der Waals surface area contributed by atoms with E-state index < -0.39 is 0 Å². The molecule has 0 unspecified atom stereocenters. The molecule has 112 valence electrons. The highest BCUT2D eigenvalue weighted by Gasteiger charge is 2.12. The quantitative estimate of drug-likeness (QED) is 0.844. The van der Waals surface area contributed by atoms with Crippen LogP contribution < -0.4 is 9.80 Å². The van der Waals surface area contributed by atoms with Crippen LogP contribution in [-0.2, 0) is 0 Å². The van der Waals surface area contributed by atoms with Gasteiger partial charge in [0.05, 0.1) is 10.0 Å². The Hall–Kier alpha value is -1.31. The molecule has 0 bridgehead atoms. The molecule has 6 nitrogen and oxygen atoms in total. The number of pyridine rings is 1. The third-order valence-electron chi connectivity index (χ3n) is 2.37. The van der Waals surface area contributed by atoms with E-state index in [9.17, 15) is 0 Å². The lowest BCUT2D eigenvalue weighted by molar-refractivity contribution is 0.838. The smallest absolute Gasteiger partial charge is 0.230 e. The maximum Gasteiger partial charge on any atom is 0.230 e. The molecule has 2 rings (SSSR count). The number of nitrogens with zero attached hydrogens (tertiary/aromatic N) is 6. The van der Waals surface area contributed by atoms with E-state index in [1.165, 1.54) is 18.0 Å². The average molecular weight is 345 g/mol. The van der Waals surface area contributed by atoms with Gasteiger partial charge in [-0.2, -0.15) is 15.0 Å². The summed E-state index contributed by atoms with van der Waals surface area (Å²) in [6, 6.07) is 1.68. The lowest BCUT2D eigenvalue weighted by Crippen LogP contribution is -2.19. The molecule has 0 aliphatic carbocycles. The summed E-state index contributed by atoms with van der Waals surface area (Å²) in [5.74, 6) is 1.16. The molecular weight excluding hydrogens is 331 g/mol. The first-order valence-corrected chi connectivity index (χ1v) is 7.53. The van der Waals surface area contributed by atoms with Crippen molar-refractivity contribution in [3.05, 3.63) is 22.3 Å². The van der Waals surface area contributed by atoms with Crippen molar-refractivity contribution in [2.75, 3.05) is 38.0 Å². The summed E-state index contributed by atoms with van der Waals surface area (Å²) in [5, 5.41) is 2.08. The average Bonchev–Trinajstić information content (AvgIpc) is 2.42. The molecular formula is C12H14Cl2N6S. The third-order valence-corrected chi connectivity index (χ3v) is 3.88. The monoisotopic (exact) mass is 344 g/mol. The predicted octanol–water partition coefficient (Wildman–Crippen LogP) is 2.86. The van der Waals surface area contributed by atoms with Crippen LogP contribution in [0.25, 0.3) is 0 Å². The normalized spacial score (nSPS) is 10.6. The fourth-order valence-corrected chi connectivity index (χ4v) is 2.37. The second kappa shape index (κ2) is 6.64. The van der Waals surface area contributed by atoms with Crippen LogP contribution in [0.2, 0.25) is 10.0 Å². The number of aromatic nitrogens is 4. The summed E-state index contributed by atoms with van der Waals surface area (Å²) >= 11 is 13.2. The number of halogens is 2. The molecule has 2 heterocycles. The van der Waals surface area contributed by atoms with E-state index in [1.54, 1.807) is 6.07 Å². The Labute approximate surface area is 137 Å². The van der Waals surface area contributed by atoms with Gasteiger partial charge in [0.25, 0.3) is 0 Å². The van der Waals surface area contributed by atoms with E-state index in [0.717, 1.165) is 0 Å². The van der Waals surface area contributed by atoms with Crippen LogP contribution in [0.1, 0.15) is 0 Å². The van der Waals surface area contributed by atoms with Crippen LogP contribution in [0.5, 0.6) is 0 Å². The van der Waals surface area contributed by atoms with Crippen LogP contribution in [-0.4, -0.2) is 48.1 Å². The Kier molecular flexibility index (Phi) is 5.08. The standard InChI is InChI=1S/C12H14Cl2N6S/c1-19(2)10-16-11(20(3)4)18-12(17-10)21-9-5-7(13)8(14)6-15-9/h5-6H,1-4H3. The van der Waals surface area contributed by atoms with Gasteiger partial charge < -0.3 is 9.80 Å². The second-order valence-corrected chi connectivity index (χ2v) is 6.35. The topological polar surface area (TPSA) is 58.0 Å². The van der Waals surface area contributed by atoms with E-state index in [-0.39, 0.29) is 0 Å². The first-order chi connectivity index (χ1) is 9.86. The molecule has 0 saturated carbocycles. The summed E-state index contributed by atoms with van der Waals surface area (Å²) in [6.45, 7) is 0. The van der Waals surface area contributed by atoms with E-state index in [1.807, 2.05) is 38.0 Å². The molecule has 0 spiro atoms. The fraction of sp³-hybridized carbons (Fsp3) is 0.333. The third kappa shape index (κ3) is 4.09. The van der Waals surface area contributed by atoms with Crippen molar-refractivity contribution in [2.45, 2.75) is 10.2 Å².